The molecule has 0 aromatic heterocycles. The lowest BCUT2D eigenvalue weighted by Crippen LogP contribution is -2.53. The van der Waals surface area contributed by atoms with Crippen molar-refractivity contribution in [2.45, 2.75) is 32.2 Å². The van der Waals surface area contributed by atoms with E-state index in [0.717, 1.165) is 38.9 Å². The van der Waals surface area contributed by atoms with Crippen LogP contribution in [0.15, 0.2) is 0 Å². The van der Waals surface area contributed by atoms with Gasteiger partial charge in [0.25, 0.3) is 0 Å². The van der Waals surface area contributed by atoms with E-state index in [9.17, 15) is 4.79 Å². The van der Waals surface area contributed by atoms with Gasteiger partial charge in [0, 0.05) is 31.6 Å². The molecule has 0 aromatic carbocycles. The van der Waals surface area contributed by atoms with E-state index in [4.69, 9.17) is 0 Å². The summed E-state index contributed by atoms with van der Waals surface area (Å²) < 4.78 is 0. The molecule has 80 valence electrons. The van der Waals surface area contributed by atoms with Gasteiger partial charge < -0.3 is 4.90 Å². The zero-order valence-electron chi connectivity index (χ0n) is 9.20. The third-order valence-electron chi connectivity index (χ3n) is 3.49. The Morgan fingerprint density at radius 3 is 2.64 bits per heavy atom. The van der Waals surface area contributed by atoms with E-state index >= 15 is 0 Å². The number of carbonyl (C=O) groups excluding carboxylic acids is 1. The van der Waals surface area contributed by atoms with Crippen LogP contribution in [-0.2, 0) is 4.79 Å². The fourth-order valence-electron chi connectivity index (χ4n) is 2.18. The molecule has 0 aromatic rings. The molecule has 1 aliphatic carbocycles. The number of hydrogen-bond donors (Lipinski definition) is 0. The third kappa shape index (κ3) is 1.92. The summed E-state index contributed by atoms with van der Waals surface area (Å²) in [5.41, 5.74) is 0. The molecule has 1 aliphatic heterocycles. The summed E-state index contributed by atoms with van der Waals surface area (Å²) in [4.78, 5) is 16.3. The zero-order valence-corrected chi connectivity index (χ0v) is 9.20. The molecule has 1 amide bonds. The van der Waals surface area contributed by atoms with Crippen LogP contribution in [0.5, 0.6) is 0 Å². The van der Waals surface area contributed by atoms with Crippen molar-refractivity contribution in [3.63, 3.8) is 0 Å². The summed E-state index contributed by atoms with van der Waals surface area (Å²) in [6.07, 6.45) is 3.40. The van der Waals surface area contributed by atoms with Gasteiger partial charge in [0.1, 0.15) is 0 Å². The summed E-state index contributed by atoms with van der Waals surface area (Å²) in [6, 6.07) is 0.575. The van der Waals surface area contributed by atoms with E-state index in [1.54, 1.807) is 0 Å². The molecule has 2 rings (SSSR count). The highest BCUT2D eigenvalue weighted by molar-refractivity contribution is 5.81. The number of rotatable bonds is 2. The molecule has 1 saturated heterocycles. The zero-order chi connectivity index (χ0) is 10.1. The van der Waals surface area contributed by atoms with Crippen molar-refractivity contribution < 1.29 is 4.79 Å². The Kier molecular flexibility index (Phi) is 2.77. The Morgan fingerprint density at radius 1 is 1.36 bits per heavy atom. The minimum absolute atomic E-state index is 0.385. The predicted molar refractivity (Wildman–Crippen MR) is 56.0 cm³/mol. The van der Waals surface area contributed by atoms with Crippen LogP contribution in [-0.4, -0.2) is 48.4 Å². The summed E-state index contributed by atoms with van der Waals surface area (Å²) in [5.74, 6) is 0.799. The van der Waals surface area contributed by atoms with Crippen molar-refractivity contribution >= 4 is 5.91 Å². The molecule has 3 nitrogen and oxygen atoms in total. The summed E-state index contributed by atoms with van der Waals surface area (Å²) in [7, 11) is 2.16. The number of amides is 1. The van der Waals surface area contributed by atoms with Gasteiger partial charge in [-0.25, -0.2) is 0 Å². The Hall–Kier alpha value is -0.570. The average molecular weight is 196 g/mol. The second-order valence-corrected chi connectivity index (χ2v) is 4.60. The molecule has 0 N–H and O–H groups in total. The van der Waals surface area contributed by atoms with Crippen molar-refractivity contribution in [1.29, 1.82) is 0 Å². The maximum atomic E-state index is 11.8. The van der Waals surface area contributed by atoms with E-state index in [1.165, 1.54) is 0 Å². The predicted octanol–water partition coefficient (Wildman–Crippen LogP) is 0.949. The molecule has 1 unspecified atom stereocenters. The Labute approximate surface area is 86.1 Å². The van der Waals surface area contributed by atoms with Crippen LogP contribution in [0.1, 0.15) is 26.2 Å². The quantitative estimate of drug-likeness (QED) is 0.656. The van der Waals surface area contributed by atoms with Gasteiger partial charge in [-0.05, 0) is 26.3 Å². The van der Waals surface area contributed by atoms with E-state index in [2.05, 4.69) is 23.8 Å². The van der Waals surface area contributed by atoms with Crippen LogP contribution in [0.2, 0.25) is 0 Å². The van der Waals surface area contributed by atoms with Crippen molar-refractivity contribution in [2.75, 3.05) is 26.7 Å². The summed E-state index contributed by atoms with van der Waals surface area (Å²) >= 11 is 0. The number of likely N-dealkylation sites (N-methyl/N-ethyl adjacent to an activating group) is 1. The van der Waals surface area contributed by atoms with Crippen molar-refractivity contribution in [3.8, 4) is 0 Å². The molecule has 2 aliphatic rings. The Balaban J connectivity index is 1.91. The molecular formula is C11H20N2O. The minimum atomic E-state index is 0.385. The summed E-state index contributed by atoms with van der Waals surface area (Å²) in [6.45, 7) is 5.12. The molecule has 0 bridgehead atoms. The minimum Gasteiger partial charge on any atom is -0.340 e. The second kappa shape index (κ2) is 3.89. The Bertz CT molecular complexity index is 225. The number of nitrogens with zero attached hydrogens (tertiary/aromatic N) is 2. The monoisotopic (exact) mass is 196 g/mol. The van der Waals surface area contributed by atoms with Crippen LogP contribution in [0.4, 0.5) is 0 Å². The molecule has 2 fully saturated rings. The van der Waals surface area contributed by atoms with Gasteiger partial charge in [0.15, 0.2) is 0 Å². The lowest BCUT2D eigenvalue weighted by Gasteiger charge is -2.39. The first-order chi connectivity index (χ1) is 6.72. The molecule has 1 heterocycles. The van der Waals surface area contributed by atoms with Gasteiger partial charge in [0.05, 0.1) is 0 Å². The van der Waals surface area contributed by atoms with Gasteiger partial charge in [0.2, 0.25) is 5.91 Å². The highest BCUT2D eigenvalue weighted by Gasteiger charge is 2.35. The smallest absolute Gasteiger partial charge is 0.225 e. The third-order valence-corrected chi connectivity index (χ3v) is 3.49. The van der Waals surface area contributed by atoms with Gasteiger partial charge in [-0.3, -0.25) is 9.69 Å². The maximum Gasteiger partial charge on any atom is 0.225 e. The van der Waals surface area contributed by atoms with Crippen LogP contribution in [0.3, 0.4) is 0 Å². The van der Waals surface area contributed by atoms with E-state index in [1.807, 2.05) is 0 Å². The normalized spacial score (nSPS) is 29.3. The number of carbonyl (C=O) groups is 1. The van der Waals surface area contributed by atoms with Gasteiger partial charge in [-0.2, -0.15) is 0 Å². The average Bonchev–Trinajstić information content (AvgIpc) is 3.01. The largest absolute Gasteiger partial charge is 0.340 e. The molecule has 0 radical (unpaired) electrons. The van der Waals surface area contributed by atoms with Crippen molar-refractivity contribution in [3.05, 3.63) is 0 Å². The molecular weight excluding hydrogens is 176 g/mol. The standard InChI is InChI=1S/C11H20N2O/c1-3-10-8-13(7-6-12(10)2)11(14)9-4-5-9/h9-10H,3-8H2,1-2H3. The fraction of sp³-hybridized carbons (Fsp3) is 0.909. The fourth-order valence-corrected chi connectivity index (χ4v) is 2.18. The number of piperazine rings is 1. The molecule has 14 heavy (non-hydrogen) atoms. The van der Waals surface area contributed by atoms with Crippen molar-refractivity contribution in [1.82, 2.24) is 9.80 Å². The highest BCUT2D eigenvalue weighted by Crippen LogP contribution is 2.31. The van der Waals surface area contributed by atoms with E-state index in [0.29, 0.717) is 17.9 Å². The molecule has 1 saturated carbocycles. The molecule has 0 spiro atoms. The SMILES string of the molecule is CCC1CN(C(=O)C2CC2)CCN1C. The highest BCUT2D eigenvalue weighted by atomic mass is 16.2. The number of hydrogen-bond acceptors (Lipinski definition) is 2. The lowest BCUT2D eigenvalue weighted by molar-refractivity contribution is -0.135. The topological polar surface area (TPSA) is 23.6 Å². The molecule has 3 heteroatoms. The second-order valence-electron chi connectivity index (χ2n) is 4.60. The lowest BCUT2D eigenvalue weighted by atomic mass is 10.1. The summed E-state index contributed by atoms with van der Waals surface area (Å²) in [5, 5.41) is 0. The maximum absolute atomic E-state index is 11.8. The van der Waals surface area contributed by atoms with Crippen LogP contribution in [0.25, 0.3) is 0 Å². The molecule has 1 atom stereocenters. The van der Waals surface area contributed by atoms with Gasteiger partial charge in [-0.15, -0.1) is 0 Å². The van der Waals surface area contributed by atoms with Crippen LogP contribution >= 0.6 is 0 Å². The van der Waals surface area contributed by atoms with Gasteiger partial charge >= 0.3 is 0 Å². The van der Waals surface area contributed by atoms with E-state index in [-0.39, 0.29) is 0 Å². The Morgan fingerprint density at radius 2 is 2.07 bits per heavy atom. The first kappa shape index (κ1) is 9.97. The van der Waals surface area contributed by atoms with Gasteiger partial charge in [-0.1, -0.05) is 6.92 Å². The van der Waals surface area contributed by atoms with Crippen molar-refractivity contribution in [2.24, 2.45) is 5.92 Å². The first-order valence-corrected chi connectivity index (χ1v) is 5.71. The van der Waals surface area contributed by atoms with Crippen LogP contribution < -0.4 is 0 Å². The van der Waals surface area contributed by atoms with Crippen LogP contribution in [0, 0.1) is 5.92 Å². The first-order valence-electron chi connectivity index (χ1n) is 5.71. The van der Waals surface area contributed by atoms with E-state index < -0.39 is 0 Å².